The number of amides is 2. The Labute approximate surface area is 294 Å². The first kappa shape index (κ1) is 32.3. The molecule has 5 heterocycles. The lowest BCUT2D eigenvalue weighted by Gasteiger charge is -2.32. The second-order valence-corrected chi connectivity index (χ2v) is 15.5. The summed E-state index contributed by atoms with van der Waals surface area (Å²) in [6, 6.07) is 11.8. The molecule has 4 atom stereocenters. The Balaban J connectivity index is 1.12. The van der Waals surface area contributed by atoms with Crippen LogP contribution in [0.5, 0.6) is 5.75 Å². The molecule has 2 aromatic carbocycles. The molecule has 2 amide bonds. The average molecular weight is 701 g/mol. The molecule has 12 heteroatoms. The highest BCUT2D eigenvalue weighted by molar-refractivity contribution is 7.11. The smallest absolute Gasteiger partial charge is 0.407 e. The lowest BCUT2D eigenvalue weighted by Crippen LogP contribution is -2.55. The molecule has 0 radical (unpaired) electrons. The number of nitrogens with one attached hydrogen (secondary N) is 2. The third-order valence-corrected chi connectivity index (χ3v) is 11.9. The molecule has 1 saturated heterocycles. The fourth-order valence-corrected chi connectivity index (χ4v) is 9.03. The first-order chi connectivity index (χ1) is 23.7. The second-order valence-electron chi connectivity index (χ2n) is 14.0. The SMILES string of the molecule is COC(=O)NC(C(=O)N1CCCC1C1N=C(c2cc(C)c3c(c2)OC(c2cnc(C4CCC4)s2)n2c-3cc3cc(Cl)ccc32)CN1)C(C)C. The van der Waals surface area contributed by atoms with Crippen molar-refractivity contribution in [3.05, 3.63) is 68.6 Å². The van der Waals surface area contributed by atoms with Gasteiger partial charge >= 0.3 is 6.09 Å². The lowest BCUT2D eigenvalue weighted by molar-refractivity contribution is -0.135. The van der Waals surface area contributed by atoms with Crippen molar-refractivity contribution in [2.24, 2.45) is 10.9 Å². The third-order valence-electron chi connectivity index (χ3n) is 10.5. The van der Waals surface area contributed by atoms with Crippen LogP contribution in [-0.4, -0.2) is 70.6 Å². The van der Waals surface area contributed by atoms with E-state index in [1.54, 1.807) is 11.3 Å². The molecule has 10 nitrogen and oxygen atoms in total. The number of thiazole rings is 1. The molecule has 1 saturated carbocycles. The van der Waals surface area contributed by atoms with Gasteiger partial charge in [0.1, 0.15) is 18.0 Å². The van der Waals surface area contributed by atoms with Gasteiger partial charge in [-0.25, -0.2) is 9.78 Å². The minimum atomic E-state index is -0.666. The Bertz CT molecular complexity index is 1980. The van der Waals surface area contributed by atoms with E-state index in [-0.39, 0.29) is 30.3 Å². The number of alkyl carbamates (subject to hydrolysis) is 1. The first-order valence-corrected chi connectivity index (χ1v) is 18.4. The number of aliphatic imine (C=N–C) groups is 1. The number of aromatic nitrogens is 2. The van der Waals surface area contributed by atoms with Gasteiger partial charge in [-0.15, -0.1) is 11.3 Å². The summed E-state index contributed by atoms with van der Waals surface area (Å²) in [5.41, 5.74) is 6.26. The van der Waals surface area contributed by atoms with Crippen LogP contribution < -0.4 is 15.4 Å². The number of methoxy groups -OCH3 is 1. The van der Waals surface area contributed by atoms with Crippen LogP contribution >= 0.6 is 22.9 Å². The van der Waals surface area contributed by atoms with Gasteiger partial charge < -0.3 is 19.7 Å². The van der Waals surface area contributed by atoms with E-state index in [0.29, 0.717) is 24.0 Å². The number of carbonyl (C=O) groups is 2. The zero-order valence-electron chi connectivity index (χ0n) is 28.2. The van der Waals surface area contributed by atoms with Crippen LogP contribution in [0.3, 0.4) is 0 Å². The Hall–Kier alpha value is -3.93. The van der Waals surface area contributed by atoms with Crippen molar-refractivity contribution >= 4 is 51.6 Å². The molecule has 4 unspecified atom stereocenters. The molecular weight excluding hydrogens is 660 g/mol. The summed E-state index contributed by atoms with van der Waals surface area (Å²) in [6.45, 7) is 7.19. The van der Waals surface area contributed by atoms with Gasteiger partial charge in [0.2, 0.25) is 12.1 Å². The quantitative estimate of drug-likeness (QED) is 0.214. The number of likely N-dealkylation sites (tertiary alicyclic amines) is 1. The number of ether oxygens (including phenoxy) is 2. The molecule has 2 N–H and O–H groups in total. The van der Waals surface area contributed by atoms with E-state index >= 15 is 0 Å². The van der Waals surface area contributed by atoms with Crippen molar-refractivity contribution in [1.29, 1.82) is 0 Å². The number of hydrogen-bond donors (Lipinski definition) is 2. The van der Waals surface area contributed by atoms with E-state index in [4.69, 9.17) is 31.1 Å². The van der Waals surface area contributed by atoms with Crippen LogP contribution in [-0.2, 0) is 9.53 Å². The second kappa shape index (κ2) is 12.8. The van der Waals surface area contributed by atoms with Gasteiger partial charge in [-0.2, -0.15) is 0 Å². The zero-order chi connectivity index (χ0) is 34.0. The van der Waals surface area contributed by atoms with Crippen molar-refractivity contribution < 1.29 is 19.1 Å². The maximum atomic E-state index is 13.7. The normalized spacial score (nSPS) is 22.4. The fraction of sp³-hybridized carbons (Fsp3) is 0.459. The number of carbonyl (C=O) groups excluding carboxylic acids is 2. The van der Waals surface area contributed by atoms with Gasteiger partial charge in [-0.1, -0.05) is 31.9 Å². The van der Waals surface area contributed by atoms with Crippen LogP contribution in [0, 0.1) is 12.8 Å². The molecule has 0 spiro atoms. The monoisotopic (exact) mass is 700 g/mol. The highest BCUT2D eigenvalue weighted by atomic mass is 35.5. The molecular formula is C37H41ClN6O4S. The summed E-state index contributed by atoms with van der Waals surface area (Å²) in [5, 5.41) is 9.28. The molecule has 256 valence electrons. The van der Waals surface area contributed by atoms with Crippen LogP contribution in [0.4, 0.5) is 4.79 Å². The van der Waals surface area contributed by atoms with E-state index < -0.39 is 12.1 Å². The molecule has 4 aliphatic rings. The van der Waals surface area contributed by atoms with E-state index in [2.05, 4.69) is 46.4 Å². The summed E-state index contributed by atoms with van der Waals surface area (Å²) >= 11 is 8.21. The predicted molar refractivity (Wildman–Crippen MR) is 192 cm³/mol. The largest absolute Gasteiger partial charge is 0.464 e. The Morgan fingerprint density at radius 1 is 1.14 bits per heavy atom. The number of hydrogen-bond acceptors (Lipinski definition) is 8. The van der Waals surface area contributed by atoms with E-state index in [1.807, 2.05) is 37.1 Å². The highest BCUT2D eigenvalue weighted by Gasteiger charge is 2.41. The minimum absolute atomic E-state index is 0.0869. The van der Waals surface area contributed by atoms with Crippen LogP contribution in [0.2, 0.25) is 5.02 Å². The number of benzene rings is 2. The van der Waals surface area contributed by atoms with Crippen LogP contribution in [0.15, 0.2) is 47.6 Å². The average Bonchev–Trinajstić information content (AvgIpc) is 3.87. The molecule has 2 aromatic heterocycles. The van der Waals surface area contributed by atoms with Gasteiger partial charge in [0.15, 0.2) is 0 Å². The minimum Gasteiger partial charge on any atom is -0.464 e. The van der Waals surface area contributed by atoms with Crippen LogP contribution in [0.1, 0.15) is 79.1 Å². The third kappa shape index (κ3) is 5.69. The zero-order valence-corrected chi connectivity index (χ0v) is 29.7. The van der Waals surface area contributed by atoms with Crippen molar-refractivity contribution in [1.82, 2.24) is 25.1 Å². The summed E-state index contributed by atoms with van der Waals surface area (Å²) in [7, 11) is 1.31. The number of rotatable bonds is 7. The molecule has 8 rings (SSSR count). The van der Waals surface area contributed by atoms with E-state index in [0.717, 1.165) is 62.5 Å². The lowest BCUT2D eigenvalue weighted by atomic mass is 9.86. The first-order valence-electron chi connectivity index (χ1n) is 17.2. The van der Waals surface area contributed by atoms with Crippen molar-refractivity contribution in [3.8, 4) is 17.0 Å². The Morgan fingerprint density at radius 2 is 1.98 bits per heavy atom. The molecule has 1 aliphatic carbocycles. The van der Waals surface area contributed by atoms with E-state index in [1.165, 1.54) is 31.4 Å². The predicted octanol–water partition coefficient (Wildman–Crippen LogP) is 7.02. The maximum Gasteiger partial charge on any atom is 0.407 e. The van der Waals surface area contributed by atoms with E-state index in [9.17, 15) is 9.59 Å². The van der Waals surface area contributed by atoms with Gasteiger partial charge in [0.25, 0.3) is 0 Å². The summed E-state index contributed by atoms with van der Waals surface area (Å²) in [4.78, 5) is 38.7. The number of fused-ring (bicyclic) bond motifs is 5. The van der Waals surface area contributed by atoms with Gasteiger partial charge in [0, 0.05) is 46.7 Å². The van der Waals surface area contributed by atoms with Crippen molar-refractivity contribution in [2.75, 3.05) is 20.2 Å². The number of nitrogens with zero attached hydrogens (tertiary/aromatic N) is 4. The van der Waals surface area contributed by atoms with Gasteiger partial charge in [0.05, 0.1) is 40.0 Å². The van der Waals surface area contributed by atoms with Gasteiger partial charge in [-0.3, -0.25) is 19.7 Å². The molecule has 2 fully saturated rings. The molecule has 0 bridgehead atoms. The topological polar surface area (TPSA) is 110 Å². The summed E-state index contributed by atoms with van der Waals surface area (Å²) in [6.07, 6.45) is 6.17. The Kier molecular flexibility index (Phi) is 8.40. The van der Waals surface area contributed by atoms with Crippen molar-refractivity contribution in [3.63, 3.8) is 0 Å². The highest BCUT2D eigenvalue weighted by Crippen LogP contribution is 2.48. The molecule has 4 aromatic rings. The number of aryl methyl sites for hydroxylation is 1. The maximum absolute atomic E-state index is 13.7. The molecule has 49 heavy (non-hydrogen) atoms. The van der Waals surface area contributed by atoms with Crippen LogP contribution in [0.25, 0.3) is 22.2 Å². The Morgan fingerprint density at radius 3 is 2.73 bits per heavy atom. The fourth-order valence-electron chi connectivity index (χ4n) is 7.74. The number of halogens is 1. The standard InChI is InChI=1S/C37H41ClN6O4S/c1-19(2)32(42-37(46)47-4)35(45)43-12-6-9-27(43)33-39-17-25(41-33)22-13-20(3)31-28-15-23-14-24(38)10-11-26(23)44(28)36(48-29(31)16-22)30-18-40-34(49-30)21-7-5-8-21/h10-11,13-16,18-19,21,27,32-33,36,39H,5-9,12,17H2,1-4H3,(H,42,46). The van der Waals surface area contributed by atoms with Gasteiger partial charge in [-0.05, 0) is 80.5 Å². The van der Waals surface area contributed by atoms with Crippen molar-refractivity contribution in [2.45, 2.75) is 83.3 Å². The summed E-state index contributed by atoms with van der Waals surface area (Å²) in [5.74, 6) is 1.18. The summed E-state index contributed by atoms with van der Waals surface area (Å²) < 4.78 is 14.0. The molecule has 3 aliphatic heterocycles.